The quantitative estimate of drug-likeness (QED) is 0.844. The summed E-state index contributed by atoms with van der Waals surface area (Å²) in [6, 6.07) is 4.63. The number of carbonyl (C=O) groups excluding carboxylic acids is 1. The summed E-state index contributed by atoms with van der Waals surface area (Å²) in [6.45, 7) is 0.00244. The smallest absolute Gasteiger partial charge is 0.410 e. The van der Waals surface area contributed by atoms with Crippen LogP contribution < -0.4 is 4.74 Å². The van der Waals surface area contributed by atoms with Crippen LogP contribution in [0.3, 0.4) is 0 Å². The van der Waals surface area contributed by atoms with Crippen molar-refractivity contribution in [3.63, 3.8) is 0 Å². The lowest BCUT2D eigenvalue weighted by atomic mass is 10.1. The number of carbonyl (C=O) groups is 2. The third-order valence-corrected chi connectivity index (χ3v) is 3.73. The third-order valence-electron chi connectivity index (χ3n) is 3.20. The van der Waals surface area contributed by atoms with Gasteiger partial charge in [-0.2, -0.15) is 0 Å². The molecule has 1 amide bonds. The molecular weight excluding hydrogens is 333 g/mol. The summed E-state index contributed by atoms with van der Waals surface area (Å²) in [5.41, 5.74) is 0. The van der Waals surface area contributed by atoms with E-state index in [1.165, 1.54) is 6.07 Å². The van der Waals surface area contributed by atoms with E-state index >= 15 is 0 Å². The second-order valence-corrected chi connectivity index (χ2v) is 5.62. The second-order valence-electron chi connectivity index (χ2n) is 4.78. The van der Waals surface area contributed by atoms with E-state index in [1.54, 1.807) is 12.1 Å². The molecule has 1 saturated heterocycles. The fourth-order valence-electron chi connectivity index (χ4n) is 2.16. The van der Waals surface area contributed by atoms with Gasteiger partial charge in [-0.05, 0) is 31.0 Å². The first-order valence-electron chi connectivity index (χ1n) is 6.74. The number of likely N-dealkylation sites (tertiary alicyclic amines) is 1. The lowest BCUT2D eigenvalue weighted by Gasteiger charge is -2.32. The summed E-state index contributed by atoms with van der Waals surface area (Å²) in [5.74, 6) is -0.342. The van der Waals surface area contributed by atoms with Gasteiger partial charge in [0.05, 0.1) is 5.02 Å². The Morgan fingerprint density at radius 3 is 2.77 bits per heavy atom. The summed E-state index contributed by atoms with van der Waals surface area (Å²) in [6.07, 6.45) is 0.199. The highest BCUT2D eigenvalue weighted by Crippen LogP contribution is 2.27. The Balaban J connectivity index is 1.88. The summed E-state index contributed by atoms with van der Waals surface area (Å²) >= 11 is 11.7. The van der Waals surface area contributed by atoms with E-state index < -0.39 is 18.3 Å². The van der Waals surface area contributed by atoms with E-state index in [1.807, 2.05) is 0 Å². The molecular formula is C14H15Cl2NO5. The zero-order chi connectivity index (χ0) is 16.1. The van der Waals surface area contributed by atoms with Crippen molar-refractivity contribution in [2.24, 2.45) is 0 Å². The minimum Gasteiger partial charge on any atom is -0.480 e. The van der Waals surface area contributed by atoms with E-state index in [-0.39, 0.29) is 11.6 Å². The Morgan fingerprint density at radius 1 is 1.32 bits per heavy atom. The molecule has 1 atom stereocenters. The van der Waals surface area contributed by atoms with E-state index in [0.717, 1.165) is 17.7 Å². The summed E-state index contributed by atoms with van der Waals surface area (Å²) in [5, 5.41) is 9.81. The van der Waals surface area contributed by atoms with E-state index in [0.29, 0.717) is 23.7 Å². The Bertz CT molecular complexity index is 566. The number of amides is 1. The predicted molar refractivity (Wildman–Crippen MR) is 80.4 cm³/mol. The van der Waals surface area contributed by atoms with Crippen LogP contribution in [0.2, 0.25) is 10.0 Å². The number of nitrogens with zero attached hydrogens (tertiary/aromatic N) is 1. The molecule has 22 heavy (non-hydrogen) atoms. The van der Waals surface area contributed by atoms with Crippen LogP contribution in [-0.4, -0.2) is 41.4 Å². The highest BCUT2D eigenvalue weighted by molar-refractivity contribution is 6.35. The number of piperidine rings is 1. The standard InChI is InChI=1S/C14H15Cl2NO5/c15-9-4-5-11(10(16)7-9)21-8-13(18)22-12-3-1-2-6-17(12)14(19)20/h4-5,7,12H,1-3,6,8H2,(H,19,20). The van der Waals surface area contributed by atoms with Crippen molar-refractivity contribution in [3.8, 4) is 5.75 Å². The van der Waals surface area contributed by atoms with Gasteiger partial charge in [0, 0.05) is 18.0 Å². The van der Waals surface area contributed by atoms with Crippen molar-refractivity contribution in [1.82, 2.24) is 4.90 Å². The van der Waals surface area contributed by atoms with Crippen LogP contribution in [0.4, 0.5) is 4.79 Å². The minimum absolute atomic E-state index is 0.283. The van der Waals surface area contributed by atoms with Crippen molar-refractivity contribution < 1.29 is 24.2 Å². The average Bonchev–Trinajstić information content (AvgIpc) is 2.46. The number of esters is 1. The number of ether oxygens (including phenoxy) is 2. The number of halogens is 2. The van der Waals surface area contributed by atoms with Gasteiger partial charge in [0.15, 0.2) is 12.8 Å². The molecule has 0 aromatic heterocycles. The Hall–Kier alpha value is -1.66. The van der Waals surface area contributed by atoms with Crippen LogP contribution in [0, 0.1) is 0 Å². The molecule has 0 bridgehead atoms. The van der Waals surface area contributed by atoms with Crippen molar-refractivity contribution in [3.05, 3.63) is 28.2 Å². The number of benzene rings is 1. The van der Waals surface area contributed by atoms with Gasteiger partial charge in [0.1, 0.15) is 5.75 Å². The van der Waals surface area contributed by atoms with Crippen LogP contribution in [-0.2, 0) is 9.53 Å². The number of carboxylic acid groups (broad SMARTS) is 1. The first-order valence-corrected chi connectivity index (χ1v) is 7.50. The first-order chi connectivity index (χ1) is 10.5. The van der Waals surface area contributed by atoms with Crippen LogP contribution in [0.5, 0.6) is 5.75 Å². The first kappa shape index (κ1) is 16.7. The summed E-state index contributed by atoms with van der Waals surface area (Å²) in [4.78, 5) is 24.0. The van der Waals surface area contributed by atoms with E-state index in [4.69, 9.17) is 37.8 Å². The van der Waals surface area contributed by atoms with Crippen LogP contribution >= 0.6 is 23.2 Å². The van der Waals surface area contributed by atoms with Crippen molar-refractivity contribution in [2.45, 2.75) is 25.5 Å². The lowest BCUT2D eigenvalue weighted by molar-refractivity contribution is -0.162. The van der Waals surface area contributed by atoms with Gasteiger partial charge in [-0.3, -0.25) is 4.90 Å². The zero-order valence-electron chi connectivity index (χ0n) is 11.6. The number of hydrogen-bond acceptors (Lipinski definition) is 4. The molecule has 1 heterocycles. The molecule has 1 unspecified atom stereocenters. The maximum atomic E-state index is 11.8. The lowest BCUT2D eigenvalue weighted by Crippen LogP contribution is -2.45. The monoisotopic (exact) mass is 347 g/mol. The molecule has 1 aromatic carbocycles. The molecule has 0 radical (unpaired) electrons. The molecule has 0 spiro atoms. The Labute approximate surface area is 137 Å². The van der Waals surface area contributed by atoms with Gasteiger partial charge in [-0.15, -0.1) is 0 Å². The maximum Gasteiger partial charge on any atom is 0.410 e. The molecule has 0 aliphatic carbocycles. The summed E-state index contributed by atoms with van der Waals surface area (Å²) in [7, 11) is 0. The number of rotatable bonds is 4. The molecule has 1 aliphatic heterocycles. The third kappa shape index (κ3) is 4.42. The fourth-order valence-corrected chi connectivity index (χ4v) is 2.62. The Kier molecular flexibility index (Phi) is 5.74. The molecule has 0 saturated carbocycles. The van der Waals surface area contributed by atoms with Crippen molar-refractivity contribution in [1.29, 1.82) is 0 Å². The van der Waals surface area contributed by atoms with E-state index in [2.05, 4.69) is 0 Å². The fraction of sp³-hybridized carbons (Fsp3) is 0.429. The molecule has 2 rings (SSSR count). The van der Waals surface area contributed by atoms with Crippen molar-refractivity contribution >= 4 is 35.3 Å². The molecule has 1 aromatic rings. The zero-order valence-corrected chi connectivity index (χ0v) is 13.1. The van der Waals surface area contributed by atoms with Crippen molar-refractivity contribution in [2.75, 3.05) is 13.2 Å². The van der Waals surface area contributed by atoms with Gasteiger partial charge in [-0.25, -0.2) is 9.59 Å². The maximum absolute atomic E-state index is 11.8. The Morgan fingerprint density at radius 2 is 2.09 bits per heavy atom. The van der Waals surface area contributed by atoms with Gasteiger partial charge < -0.3 is 14.6 Å². The minimum atomic E-state index is -1.10. The molecule has 6 nitrogen and oxygen atoms in total. The highest BCUT2D eigenvalue weighted by atomic mass is 35.5. The van der Waals surface area contributed by atoms with Gasteiger partial charge >= 0.3 is 12.1 Å². The predicted octanol–water partition coefficient (Wildman–Crippen LogP) is 3.41. The highest BCUT2D eigenvalue weighted by Gasteiger charge is 2.29. The molecule has 1 aliphatic rings. The summed E-state index contributed by atoms with van der Waals surface area (Å²) < 4.78 is 10.4. The average molecular weight is 348 g/mol. The molecule has 1 N–H and O–H groups in total. The van der Waals surface area contributed by atoms with Gasteiger partial charge in [0.2, 0.25) is 0 Å². The molecule has 8 heteroatoms. The van der Waals surface area contributed by atoms with Crippen LogP contribution in [0.1, 0.15) is 19.3 Å². The SMILES string of the molecule is O=C(COc1ccc(Cl)cc1Cl)OC1CCCCN1C(=O)O. The van der Waals surface area contributed by atoms with Crippen LogP contribution in [0.15, 0.2) is 18.2 Å². The normalized spacial score (nSPS) is 17.9. The largest absolute Gasteiger partial charge is 0.480 e. The molecule has 120 valence electrons. The number of hydrogen-bond donors (Lipinski definition) is 1. The van der Waals surface area contributed by atoms with Crippen LogP contribution in [0.25, 0.3) is 0 Å². The van der Waals surface area contributed by atoms with E-state index in [9.17, 15) is 9.59 Å². The second kappa shape index (κ2) is 7.56. The van der Waals surface area contributed by atoms with Gasteiger partial charge in [0.25, 0.3) is 0 Å². The topological polar surface area (TPSA) is 76.1 Å². The van der Waals surface area contributed by atoms with Gasteiger partial charge in [-0.1, -0.05) is 23.2 Å². The molecule has 1 fully saturated rings.